The summed E-state index contributed by atoms with van der Waals surface area (Å²) in [7, 11) is 1.50. The number of halogens is 5. The Morgan fingerprint density at radius 3 is 2.33 bits per heavy atom. The third kappa shape index (κ3) is 8.73. The minimum absolute atomic E-state index is 0.0208. The summed E-state index contributed by atoms with van der Waals surface area (Å²) in [4.78, 5) is 15.8. The van der Waals surface area contributed by atoms with Crippen LogP contribution in [0.5, 0.6) is 0 Å². The van der Waals surface area contributed by atoms with Crippen LogP contribution in [0.2, 0.25) is 0 Å². The van der Waals surface area contributed by atoms with Gasteiger partial charge in [0.2, 0.25) is 0 Å². The largest absolute Gasteiger partial charge is 0.417 e. The number of anilines is 2. The van der Waals surface area contributed by atoms with Crippen LogP contribution >= 0.6 is 0 Å². The molecule has 6 N–H and O–H groups in total. The number of aldehydes is 1. The molecule has 3 aromatic rings. The zero-order valence-corrected chi connectivity index (χ0v) is 25.4. The van der Waals surface area contributed by atoms with Gasteiger partial charge in [-0.3, -0.25) is 4.79 Å². The van der Waals surface area contributed by atoms with E-state index in [9.17, 15) is 22.4 Å². The Hall–Kier alpha value is -3.58. The van der Waals surface area contributed by atoms with Gasteiger partial charge in [-0.15, -0.1) is 0 Å². The lowest BCUT2D eigenvalue weighted by atomic mass is 9.82. The standard InChI is InChI=1S/C21H19F5N4O2.C8H17N.CH5N/c1-3-4-15-13(8-31)19(28-6-11-7-29-32-9-11)18(23)20(30-15)12-5-14(27)17(22)10(2)16(12)21(24,25)26;1-7(2)6-8(3)4-5-9-8;1-2/h5,7-9H,3-4,6,27H2,1-2H3,(H,28,30);7,9H,4-6H2,1-3H3;2H2,1H3. The molecule has 0 amide bonds. The van der Waals surface area contributed by atoms with Crippen LogP contribution < -0.4 is 22.1 Å². The molecule has 1 aliphatic heterocycles. The fourth-order valence-corrected chi connectivity index (χ4v) is 5.03. The first-order chi connectivity index (χ1) is 20.2. The van der Waals surface area contributed by atoms with E-state index in [0.717, 1.165) is 12.8 Å². The summed E-state index contributed by atoms with van der Waals surface area (Å²) in [5, 5.41) is 9.68. The lowest BCUT2D eigenvalue weighted by Gasteiger charge is -2.41. The average Bonchev–Trinajstić information content (AvgIpc) is 3.45. The van der Waals surface area contributed by atoms with Gasteiger partial charge in [0.25, 0.3) is 0 Å². The van der Waals surface area contributed by atoms with E-state index in [-0.39, 0.29) is 29.9 Å². The molecule has 1 aromatic carbocycles. The molecule has 1 aliphatic rings. The van der Waals surface area contributed by atoms with Gasteiger partial charge in [-0.25, -0.2) is 13.8 Å². The van der Waals surface area contributed by atoms with E-state index in [2.05, 4.69) is 47.3 Å². The second-order valence-corrected chi connectivity index (χ2v) is 10.9. The monoisotopic (exact) mass is 612 g/mol. The van der Waals surface area contributed by atoms with Crippen molar-refractivity contribution in [3.8, 4) is 11.3 Å². The van der Waals surface area contributed by atoms with Crippen molar-refractivity contribution in [1.29, 1.82) is 0 Å². The van der Waals surface area contributed by atoms with Crippen LogP contribution in [0.1, 0.15) is 79.7 Å². The van der Waals surface area contributed by atoms with Gasteiger partial charge in [0, 0.05) is 23.2 Å². The van der Waals surface area contributed by atoms with Gasteiger partial charge in [0.1, 0.15) is 17.8 Å². The van der Waals surface area contributed by atoms with Gasteiger partial charge >= 0.3 is 6.18 Å². The van der Waals surface area contributed by atoms with E-state index >= 15 is 4.39 Å². The molecule has 1 atom stereocenters. The van der Waals surface area contributed by atoms with Crippen molar-refractivity contribution in [1.82, 2.24) is 15.5 Å². The maximum absolute atomic E-state index is 15.6. The third-order valence-corrected chi connectivity index (χ3v) is 6.96. The molecule has 13 heteroatoms. The van der Waals surface area contributed by atoms with Gasteiger partial charge in [-0.05, 0) is 64.3 Å². The number of aryl methyl sites for hydroxylation is 1. The second-order valence-electron chi connectivity index (χ2n) is 10.9. The Labute approximate surface area is 248 Å². The summed E-state index contributed by atoms with van der Waals surface area (Å²) < 4.78 is 75.9. The zero-order valence-electron chi connectivity index (χ0n) is 25.4. The van der Waals surface area contributed by atoms with Gasteiger partial charge in [0.05, 0.1) is 34.4 Å². The van der Waals surface area contributed by atoms with Gasteiger partial charge < -0.3 is 26.6 Å². The number of carbonyl (C=O) groups is 1. The quantitative estimate of drug-likeness (QED) is 0.120. The van der Waals surface area contributed by atoms with Crippen LogP contribution in [0.15, 0.2) is 23.0 Å². The van der Waals surface area contributed by atoms with Crippen molar-refractivity contribution in [3.63, 3.8) is 0 Å². The van der Waals surface area contributed by atoms with Crippen molar-refractivity contribution in [2.45, 2.75) is 78.6 Å². The molecule has 1 fully saturated rings. The maximum atomic E-state index is 15.6. The summed E-state index contributed by atoms with van der Waals surface area (Å²) >= 11 is 0. The predicted molar refractivity (Wildman–Crippen MR) is 158 cm³/mol. The highest BCUT2D eigenvalue weighted by atomic mass is 19.4. The SMILES string of the molecule is CC(C)CC1(C)CCN1.CCCc1nc(-c2cc(N)c(F)c(C)c2C(F)(F)F)c(F)c(NCc2cnoc2)c1C=O.CN. The molecule has 3 heterocycles. The molecule has 8 nitrogen and oxygen atoms in total. The summed E-state index contributed by atoms with van der Waals surface area (Å²) in [6, 6.07) is 0.705. The topological polar surface area (TPSA) is 132 Å². The maximum Gasteiger partial charge on any atom is 0.417 e. The van der Waals surface area contributed by atoms with Crippen molar-refractivity contribution in [3.05, 3.63) is 58.1 Å². The molecule has 0 saturated carbocycles. The van der Waals surface area contributed by atoms with Crippen LogP contribution in [0, 0.1) is 24.5 Å². The number of nitrogens with zero attached hydrogens (tertiary/aromatic N) is 2. The van der Waals surface area contributed by atoms with Crippen molar-refractivity contribution < 1.29 is 31.3 Å². The first-order valence-electron chi connectivity index (χ1n) is 14.0. The Morgan fingerprint density at radius 2 is 1.88 bits per heavy atom. The number of hydrogen-bond acceptors (Lipinski definition) is 8. The highest BCUT2D eigenvalue weighted by Crippen LogP contribution is 2.43. The lowest BCUT2D eigenvalue weighted by Crippen LogP contribution is -2.55. The van der Waals surface area contributed by atoms with E-state index in [1.54, 1.807) is 6.92 Å². The molecule has 238 valence electrons. The molecule has 4 rings (SSSR count). The van der Waals surface area contributed by atoms with E-state index in [1.807, 2.05) is 0 Å². The molecular formula is C30H41F5N6O2. The van der Waals surface area contributed by atoms with E-state index < -0.39 is 45.9 Å². The van der Waals surface area contributed by atoms with Crippen LogP contribution in [-0.2, 0) is 19.1 Å². The molecule has 0 bridgehead atoms. The molecule has 1 saturated heterocycles. The smallest absolute Gasteiger partial charge is 0.396 e. The van der Waals surface area contributed by atoms with Crippen molar-refractivity contribution in [2.75, 3.05) is 24.6 Å². The number of carbonyl (C=O) groups excluding carboxylic acids is 1. The second kappa shape index (κ2) is 15.2. The molecule has 43 heavy (non-hydrogen) atoms. The fourth-order valence-electron chi connectivity index (χ4n) is 5.03. The zero-order chi connectivity index (χ0) is 32.5. The normalized spacial score (nSPS) is 16.0. The number of hydrogen-bond donors (Lipinski definition) is 4. The van der Waals surface area contributed by atoms with Gasteiger partial charge in [-0.2, -0.15) is 13.2 Å². The van der Waals surface area contributed by atoms with Crippen LogP contribution in [-0.4, -0.2) is 35.6 Å². The Morgan fingerprint density at radius 1 is 1.23 bits per heavy atom. The van der Waals surface area contributed by atoms with Crippen LogP contribution in [0.4, 0.5) is 33.3 Å². The number of aromatic nitrogens is 2. The molecule has 0 aliphatic carbocycles. The molecule has 1 unspecified atom stereocenters. The summed E-state index contributed by atoms with van der Waals surface area (Å²) in [5.41, 5.74) is 6.56. The number of pyridine rings is 1. The number of benzene rings is 1. The minimum atomic E-state index is -5.01. The number of nitrogens with one attached hydrogen (secondary N) is 2. The molecule has 0 radical (unpaired) electrons. The van der Waals surface area contributed by atoms with Crippen LogP contribution in [0.3, 0.4) is 0 Å². The summed E-state index contributed by atoms with van der Waals surface area (Å²) in [6.07, 6.45) is 1.39. The molecule has 0 spiro atoms. The Balaban J connectivity index is 0.000000496. The first-order valence-corrected chi connectivity index (χ1v) is 14.0. The molecule has 2 aromatic heterocycles. The van der Waals surface area contributed by atoms with E-state index in [0.29, 0.717) is 29.9 Å². The van der Waals surface area contributed by atoms with E-state index in [1.165, 1.54) is 38.9 Å². The first kappa shape index (κ1) is 35.6. The lowest BCUT2D eigenvalue weighted by molar-refractivity contribution is -0.137. The van der Waals surface area contributed by atoms with Crippen molar-refractivity contribution in [2.24, 2.45) is 11.7 Å². The fraction of sp³-hybridized carbons (Fsp3) is 0.500. The van der Waals surface area contributed by atoms with Crippen molar-refractivity contribution >= 4 is 17.7 Å². The van der Waals surface area contributed by atoms with Gasteiger partial charge in [0.15, 0.2) is 12.1 Å². The summed E-state index contributed by atoms with van der Waals surface area (Å²) in [5.74, 6) is -1.60. The third-order valence-electron chi connectivity index (χ3n) is 6.96. The summed E-state index contributed by atoms with van der Waals surface area (Å²) in [6.45, 7) is 10.8. The minimum Gasteiger partial charge on any atom is -0.396 e. The number of nitrogen functional groups attached to an aromatic ring is 1. The Bertz CT molecular complexity index is 1360. The number of rotatable bonds is 9. The van der Waals surface area contributed by atoms with Gasteiger partial charge in [-0.1, -0.05) is 32.3 Å². The molecular weight excluding hydrogens is 571 g/mol. The van der Waals surface area contributed by atoms with Crippen LogP contribution in [0.25, 0.3) is 11.3 Å². The number of alkyl halides is 3. The Kier molecular flexibility index (Phi) is 12.6. The highest BCUT2D eigenvalue weighted by Gasteiger charge is 2.39. The highest BCUT2D eigenvalue weighted by molar-refractivity contribution is 5.88. The number of nitrogens with two attached hydrogens (primary N) is 2. The van der Waals surface area contributed by atoms with E-state index in [4.69, 9.17) is 10.3 Å². The predicted octanol–water partition coefficient (Wildman–Crippen LogP) is 6.66. The average molecular weight is 613 g/mol.